The van der Waals surface area contributed by atoms with Crippen LogP contribution in [0.25, 0.3) is 0 Å². The molecule has 1 rings (SSSR count). The zero-order valence-corrected chi connectivity index (χ0v) is 10.7. The lowest BCUT2D eigenvalue weighted by Crippen LogP contribution is -1.96. The van der Waals surface area contributed by atoms with E-state index in [4.69, 9.17) is 4.74 Å². The van der Waals surface area contributed by atoms with Crippen molar-refractivity contribution in [1.82, 2.24) is 0 Å². The molecule has 1 aromatic rings. The zero-order chi connectivity index (χ0) is 10.2. The van der Waals surface area contributed by atoms with Crippen LogP contribution >= 0.6 is 28.6 Å². The van der Waals surface area contributed by atoms with Gasteiger partial charge in [0, 0.05) is 4.47 Å². The van der Waals surface area contributed by atoms with Gasteiger partial charge in [0.15, 0.2) is 0 Å². The molecule has 0 N–H and O–H groups in total. The second-order valence-electron chi connectivity index (χ2n) is 3.07. The lowest BCUT2D eigenvalue weighted by molar-refractivity contribution is 0.400. The Kier molecular flexibility index (Phi) is 3.30. The minimum Gasteiger partial charge on any atom is -0.495 e. The van der Waals surface area contributed by atoms with Gasteiger partial charge in [0.05, 0.1) is 12.0 Å². The molecule has 13 heavy (non-hydrogen) atoms. The molecule has 0 saturated heterocycles. The number of rotatable bonds is 1. The minimum absolute atomic E-state index is 0.876. The number of methoxy groups -OCH3 is 1. The lowest BCUT2D eigenvalue weighted by atomic mass is 10.1. The molecular formula is C10H13BrOS. The van der Waals surface area contributed by atoms with E-state index in [2.05, 4.69) is 35.5 Å². The molecule has 0 unspecified atom stereocenters. The van der Waals surface area contributed by atoms with Gasteiger partial charge < -0.3 is 4.74 Å². The number of hydrogen-bond acceptors (Lipinski definition) is 2. The molecule has 3 heteroatoms. The van der Waals surface area contributed by atoms with Gasteiger partial charge in [0.25, 0.3) is 0 Å². The number of halogens is 1. The molecule has 0 saturated carbocycles. The van der Waals surface area contributed by atoms with Crippen molar-refractivity contribution in [3.05, 3.63) is 21.2 Å². The van der Waals surface area contributed by atoms with Crippen LogP contribution in [0, 0.1) is 20.8 Å². The Morgan fingerprint density at radius 2 is 1.62 bits per heavy atom. The van der Waals surface area contributed by atoms with Crippen molar-refractivity contribution in [2.45, 2.75) is 25.7 Å². The standard InChI is InChI=1S/C10H13BrOS/c1-5-6(2)9(12-4)10(13)7(3)8(5)11/h13H,1-4H3. The van der Waals surface area contributed by atoms with Crippen LogP contribution in [-0.2, 0) is 0 Å². The van der Waals surface area contributed by atoms with E-state index in [1.807, 2.05) is 13.8 Å². The Bertz CT molecular complexity index is 318. The first-order chi connectivity index (χ1) is 6.00. The van der Waals surface area contributed by atoms with E-state index < -0.39 is 0 Å². The largest absolute Gasteiger partial charge is 0.495 e. The highest BCUT2D eigenvalue weighted by molar-refractivity contribution is 9.10. The van der Waals surface area contributed by atoms with Gasteiger partial charge in [0.1, 0.15) is 5.75 Å². The Labute approximate surface area is 93.0 Å². The van der Waals surface area contributed by atoms with Crippen LogP contribution in [-0.4, -0.2) is 7.11 Å². The Morgan fingerprint density at radius 1 is 1.08 bits per heavy atom. The molecule has 0 aliphatic rings. The van der Waals surface area contributed by atoms with Crippen molar-refractivity contribution < 1.29 is 4.74 Å². The molecule has 0 aliphatic carbocycles. The second kappa shape index (κ2) is 3.93. The van der Waals surface area contributed by atoms with E-state index in [1.54, 1.807) is 7.11 Å². The number of thiol groups is 1. The van der Waals surface area contributed by atoms with Crippen LogP contribution in [0.2, 0.25) is 0 Å². The predicted molar refractivity (Wildman–Crippen MR) is 62.2 cm³/mol. The van der Waals surface area contributed by atoms with Crippen LogP contribution in [0.1, 0.15) is 16.7 Å². The monoisotopic (exact) mass is 260 g/mol. The third kappa shape index (κ3) is 1.72. The average Bonchev–Trinajstić information content (AvgIpc) is 2.13. The third-order valence-corrected chi connectivity index (χ3v) is 4.06. The van der Waals surface area contributed by atoms with Crippen LogP contribution in [0.3, 0.4) is 0 Å². The van der Waals surface area contributed by atoms with E-state index in [0.717, 1.165) is 26.2 Å². The van der Waals surface area contributed by atoms with Gasteiger partial charge in [-0.05, 0) is 37.5 Å². The van der Waals surface area contributed by atoms with E-state index in [1.165, 1.54) is 5.56 Å². The summed E-state index contributed by atoms with van der Waals surface area (Å²) in [5.74, 6) is 0.876. The molecule has 0 aromatic heterocycles. The molecular weight excluding hydrogens is 248 g/mol. The van der Waals surface area contributed by atoms with E-state index >= 15 is 0 Å². The summed E-state index contributed by atoms with van der Waals surface area (Å²) in [5, 5.41) is 0. The summed E-state index contributed by atoms with van der Waals surface area (Å²) in [5.41, 5.74) is 3.49. The van der Waals surface area contributed by atoms with Crippen LogP contribution < -0.4 is 4.74 Å². The smallest absolute Gasteiger partial charge is 0.135 e. The van der Waals surface area contributed by atoms with E-state index in [0.29, 0.717) is 0 Å². The number of ether oxygens (including phenoxy) is 1. The fourth-order valence-corrected chi connectivity index (χ4v) is 2.34. The topological polar surface area (TPSA) is 9.23 Å². The normalized spacial score (nSPS) is 10.3. The third-order valence-electron chi connectivity index (χ3n) is 2.34. The molecule has 1 aromatic carbocycles. The molecule has 72 valence electrons. The number of benzene rings is 1. The Morgan fingerprint density at radius 3 is 2.08 bits per heavy atom. The summed E-state index contributed by atoms with van der Waals surface area (Å²) in [4.78, 5) is 0.914. The molecule has 0 radical (unpaired) electrons. The van der Waals surface area contributed by atoms with Gasteiger partial charge in [-0.1, -0.05) is 15.9 Å². The van der Waals surface area contributed by atoms with Crippen LogP contribution in [0.15, 0.2) is 9.37 Å². The molecule has 0 bridgehead atoms. The van der Waals surface area contributed by atoms with Crippen molar-refractivity contribution in [3.63, 3.8) is 0 Å². The molecule has 0 spiro atoms. The van der Waals surface area contributed by atoms with Gasteiger partial charge in [-0.3, -0.25) is 0 Å². The van der Waals surface area contributed by atoms with Crippen molar-refractivity contribution in [2.24, 2.45) is 0 Å². The van der Waals surface area contributed by atoms with Crippen molar-refractivity contribution in [3.8, 4) is 5.75 Å². The summed E-state index contributed by atoms with van der Waals surface area (Å²) < 4.78 is 6.42. The highest BCUT2D eigenvalue weighted by Gasteiger charge is 2.13. The van der Waals surface area contributed by atoms with Gasteiger partial charge >= 0.3 is 0 Å². The molecule has 0 aliphatic heterocycles. The first-order valence-electron chi connectivity index (χ1n) is 4.02. The number of hydrogen-bond donors (Lipinski definition) is 1. The highest BCUT2D eigenvalue weighted by Crippen LogP contribution is 2.37. The van der Waals surface area contributed by atoms with Crippen molar-refractivity contribution in [1.29, 1.82) is 0 Å². The summed E-state index contributed by atoms with van der Waals surface area (Å²) in [6.45, 7) is 6.14. The first kappa shape index (κ1) is 10.9. The SMILES string of the molecule is COc1c(C)c(C)c(Br)c(C)c1S. The molecule has 0 atom stereocenters. The minimum atomic E-state index is 0.876. The van der Waals surface area contributed by atoms with Gasteiger partial charge in [-0.2, -0.15) is 0 Å². The highest BCUT2D eigenvalue weighted by atomic mass is 79.9. The molecule has 1 nitrogen and oxygen atoms in total. The lowest BCUT2D eigenvalue weighted by Gasteiger charge is -2.15. The van der Waals surface area contributed by atoms with Crippen LogP contribution in [0.5, 0.6) is 5.75 Å². The van der Waals surface area contributed by atoms with Crippen LogP contribution in [0.4, 0.5) is 0 Å². The Balaban J connectivity index is 3.56. The maximum Gasteiger partial charge on any atom is 0.135 e. The maximum absolute atomic E-state index is 5.30. The molecule has 0 fully saturated rings. The maximum atomic E-state index is 5.30. The molecule has 0 amide bonds. The van der Waals surface area contributed by atoms with Crippen molar-refractivity contribution >= 4 is 28.6 Å². The summed E-state index contributed by atoms with van der Waals surface area (Å²) in [6.07, 6.45) is 0. The van der Waals surface area contributed by atoms with E-state index in [9.17, 15) is 0 Å². The fourth-order valence-electron chi connectivity index (χ4n) is 1.32. The summed E-state index contributed by atoms with van der Waals surface area (Å²) in [7, 11) is 1.68. The second-order valence-corrected chi connectivity index (χ2v) is 4.31. The predicted octanol–water partition coefficient (Wildman–Crippen LogP) is 3.67. The average molecular weight is 261 g/mol. The first-order valence-corrected chi connectivity index (χ1v) is 5.27. The zero-order valence-electron chi connectivity index (χ0n) is 8.23. The fraction of sp³-hybridized carbons (Fsp3) is 0.400. The van der Waals surface area contributed by atoms with E-state index in [-0.39, 0.29) is 0 Å². The quantitative estimate of drug-likeness (QED) is 0.759. The Hall–Kier alpha value is -0.150. The van der Waals surface area contributed by atoms with Gasteiger partial charge in [0.2, 0.25) is 0 Å². The summed E-state index contributed by atoms with van der Waals surface area (Å²) in [6, 6.07) is 0. The van der Waals surface area contributed by atoms with Gasteiger partial charge in [-0.25, -0.2) is 0 Å². The summed E-state index contributed by atoms with van der Waals surface area (Å²) >= 11 is 7.96. The van der Waals surface area contributed by atoms with Crippen molar-refractivity contribution in [2.75, 3.05) is 7.11 Å². The van der Waals surface area contributed by atoms with Gasteiger partial charge in [-0.15, -0.1) is 12.6 Å². The molecule has 0 heterocycles.